The highest BCUT2D eigenvalue weighted by molar-refractivity contribution is 7.89. The molecule has 7 heteroatoms. The molecular weight excluding hydrogens is 352 g/mol. The molecule has 0 aliphatic carbocycles. The Morgan fingerprint density at radius 2 is 1.88 bits per heavy atom. The van der Waals surface area contributed by atoms with Gasteiger partial charge in [0.2, 0.25) is 15.9 Å². The van der Waals surface area contributed by atoms with Crippen molar-refractivity contribution in [2.75, 3.05) is 26.2 Å². The number of carbonyl (C=O) groups is 1. The van der Waals surface area contributed by atoms with E-state index in [0.717, 1.165) is 25.7 Å². The van der Waals surface area contributed by atoms with Crippen LogP contribution in [0.15, 0.2) is 29.2 Å². The Bertz CT molecular complexity index is 751. The quantitative estimate of drug-likeness (QED) is 0.874. The van der Waals surface area contributed by atoms with Crippen LogP contribution in [-0.2, 0) is 14.8 Å². The predicted molar refractivity (Wildman–Crippen MR) is 99.4 cm³/mol. The fraction of sp³-hybridized carbons (Fsp3) is 0.632. The Morgan fingerprint density at radius 1 is 1.23 bits per heavy atom. The lowest BCUT2D eigenvalue weighted by Gasteiger charge is -2.43. The van der Waals surface area contributed by atoms with Crippen LogP contribution in [-0.4, -0.2) is 45.5 Å². The highest BCUT2D eigenvalue weighted by Crippen LogP contribution is 2.36. The Labute approximate surface area is 156 Å². The number of sulfonamides is 1. The number of fused-ring (bicyclic) bond motifs is 1. The number of carbonyl (C=O) groups excluding carboxylic acids is 1. The number of rotatable bonds is 3. The van der Waals surface area contributed by atoms with Crippen LogP contribution in [0.2, 0.25) is 0 Å². The van der Waals surface area contributed by atoms with Crippen molar-refractivity contribution >= 4 is 15.9 Å². The van der Waals surface area contributed by atoms with Gasteiger partial charge in [0.05, 0.1) is 6.61 Å². The Morgan fingerprint density at radius 3 is 2.54 bits per heavy atom. The lowest BCUT2D eigenvalue weighted by molar-refractivity contribution is -0.138. The van der Waals surface area contributed by atoms with Crippen molar-refractivity contribution in [3.05, 3.63) is 24.3 Å². The van der Waals surface area contributed by atoms with Crippen LogP contribution in [0.25, 0.3) is 0 Å². The van der Waals surface area contributed by atoms with Gasteiger partial charge in [-0.15, -0.1) is 0 Å². The third-order valence-corrected chi connectivity index (χ3v) is 7.22. The van der Waals surface area contributed by atoms with E-state index in [1.54, 1.807) is 24.3 Å². The molecule has 1 aromatic rings. The van der Waals surface area contributed by atoms with Gasteiger partial charge in [-0.3, -0.25) is 4.79 Å². The first kappa shape index (κ1) is 19.2. The molecule has 2 aliphatic heterocycles. The third kappa shape index (κ3) is 3.74. The first-order chi connectivity index (χ1) is 12.4. The fourth-order valence-corrected chi connectivity index (χ4v) is 5.12. The number of piperidine rings is 1. The summed E-state index contributed by atoms with van der Waals surface area (Å²) in [4.78, 5) is 14.7. The van der Waals surface area contributed by atoms with Crippen LogP contribution in [0.1, 0.15) is 39.5 Å². The topological polar surface area (TPSA) is 75.7 Å². The first-order valence-corrected chi connectivity index (χ1v) is 10.9. The highest BCUT2D eigenvalue weighted by atomic mass is 32.2. The van der Waals surface area contributed by atoms with Crippen LogP contribution >= 0.6 is 0 Å². The van der Waals surface area contributed by atoms with Gasteiger partial charge < -0.3 is 9.64 Å². The molecule has 2 heterocycles. The molecule has 3 rings (SSSR count). The van der Waals surface area contributed by atoms with Crippen molar-refractivity contribution in [1.82, 2.24) is 9.62 Å². The molecule has 1 amide bonds. The standard InChI is InChI=1S/C19H28N2O4S/c1-3-15(4-2)18(22)21-11-9-19(10-12-21)13-20-26(23,24)17-8-6-5-7-16(17)25-14-19/h5-8,15,20H,3-4,9-14H2,1-2H3. The lowest BCUT2D eigenvalue weighted by Crippen LogP contribution is -2.52. The lowest BCUT2D eigenvalue weighted by atomic mass is 9.78. The molecule has 1 saturated heterocycles. The molecule has 0 saturated carbocycles. The van der Waals surface area contributed by atoms with E-state index in [4.69, 9.17) is 4.74 Å². The van der Waals surface area contributed by atoms with Crippen LogP contribution in [0, 0.1) is 11.3 Å². The molecule has 0 radical (unpaired) electrons. The number of nitrogens with zero attached hydrogens (tertiary/aromatic N) is 1. The molecule has 1 N–H and O–H groups in total. The first-order valence-electron chi connectivity index (χ1n) is 9.41. The van der Waals surface area contributed by atoms with E-state index in [1.807, 2.05) is 18.7 Å². The minimum absolute atomic E-state index is 0.0861. The molecule has 0 aromatic heterocycles. The second kappa shape index (κ2) is 7.56. The van der Waals surface area contributed by atoms with E-state index >= 15 is 0 Å². The van der Waals surface area contributed by atoms with Crippen molar-refractivity contribution in [1.29, 1.82) is 0 Å². The predicted octanol–water partition coefficient (Wildman–Crippen LogP) is 2.40. The number of likely N-dealkylation sites (tertiary alicyclic amines) is 1. The number of ether oxygens (including phenoxy) is 1. The molecular formula is C19H28N2O4S. The summed E-state index contributed by atoms with van der Waals surface area (Å²) in [5.74, 6) is 0.708. The Hall–Kier alpha value is -1.60. The summed E-state index contributed by atoms with van der Waals surface area (Å²) in [6, 6.07) is 6.73. The van der Waals surface area contributed by atoms with Gasteiger partial charge in [0.15, 0.2) is 0 Å². The zero-order chi connectivity index (χ0) is 18.8. The van der Waals surface area contributed by atoms with Gasteiger partial charge >= 0.3 is 0 Å². The summed E-state index contributed by atoms with van der Waals surface area (Å²) in [7, 11) is -3.58. The van der Waals surface area contributed by atoms with Crippen molar-refractivity contribution in [2.45, 2.75) is 44.4 Å². The molecule has 1 aromatic carbocycles. The zero-order valence-electron chi connectivity index (χ0n) is 15.5. The Kier molecular flexibility index (Phi) is 5.58. The summed E-state index contributed by atoms with van der Waals surface area (Å²) >= 11 is 0. The van der Waals surface area contributed by atoms with Gasteiger partial charge in [0.1, 0.15) is 10.6 Å². The van der Waals surface area contributed by atoms with Crippen molar-refractivity contribution in [2.24, 2.45) is 11.3 Å². The maximum Gasteiger partial charge on any atom is 0.244 e. The number of nitrogens with one attached hydrogen (secondary N) is 1. The van der Waals surface area contributed by atoms with Crippen molar-refractivity contribution in [3.63, 3.8) is 0 Å². The average molecular weight is 381 g/mol. The molecule has 2 aliphatic rings. The largest absolute Gasteiger partial charge is 0.492 e. The number of hydrogen-bond acceptors (Lipinski definition) is 4. The molecule has 144 valence electrons. The normalized spacial score (nSPS) is 21.6. The van der Waals surface area contributed by atoms with E-state index in [1.165, 1.54) is 0 Å². The van der Waals surface area contributed by atoms with Crippen molar-refractivity contribution in [3.8, 4) is 5.75 Å². The molecule has 1 spiro atoms. The van der Waals surface area contributed by atoms with Crippen LogP contribution in [0.3, 0.4) is 0 Å². The van der Waals surface area contributed by atoms with Gasteiger partial charge in [-0.2, -0.15) is 0 Å². The van der Waals surface area contributed by atoms with E-state index in [0.29, 0.717) is 32.0 Å². The minimum atomic E-state index is -3.58. The van der Waals surface area contributed by atoms with E-state index < -0.39 is 10.0 Å². The molecule has 6 nitrogen and oxygen atoms in total. The molecule has 0 bridgehead atoms. The monoisotopic (exact) mass is 380 g/mol. The number of benzene rings is 1. The maximum absolute atomic E-state index is 12.6. The summed E-state index contributed by atoms with van der Waals surface area (Å²) in [5.41, 5.74) is -0.273. The molecule has 1 fully saturated rings. The summed E-state index contributed by atoms with van der Waals surface area (Å²) < 4.78 is 33.8. The summed E-state index contributed by atoms with van der Waals surface area (Å²) in [5, 5.41) is 0. The maximum atomic E-state index is 12.6. The Balaban J connectivity index is 1.73. The van der Waals surface area contributed by atoms with Gasteiger partial charge in [-0.1, -0.05) is 26.0 Å². The van der Waals surface area contributed by atoms with Crippen LogP contribution in [0.4, 0.5) is 0 Å². The second-order valence-corrected chi connectivity index (χ2v) is 9.13. The van der Waals surface area contributed by atoms with Crippen molar-refractivity contribution < 1.29 is 17.9 Å². The average Bonchev–Trinajstić information content (AvgIpc) is 2.66. The summed E-state index contributed by atoms with van der Waals surface area (Å²) in [6.07, 6.45) is 3.19. The minimum Gasteiger partial charge on any atom is -0.492 e. The smallest absolute Gasteiger partial charge is 0.244 e. The van der Waals surface area contributed by atoms with E-state index in [-0.39, 0.29) is 22.1 Å². The van der Waals surface area contributed by atoms with Gasteiger partial charge in [-0.25, -0.2) is 13.1 Å². The number of amides is 1. The summed E-state index contributed by atoms with van der Waals surface area (Å²) in [6.45, 7) is 6.21. The highest BCUT2D eigenvalue weighted by Gasteiger charge is 2.40. The number of hydrogen-bond donors (Lipinski definition) is 1. The van der Waals surface area contributed by atoms with Gasteiger partial charge in [0, 0.05) is 31.0 Å². The second-order valence-electron chi connectivity index (χ2n) is 7.40. The van der Waals surface area contributed by atoms with E-state index in [2.05, 4.69) is 4.72 Å². The third-order valence-electron chi connectivity index (χ3n) is 5.78. The molecule has 0 unspecified atom stereocenters. The SMILES string of the molecule is CCC(CC)C(=O)N1CCC2(CC1)CNS(=O)(=O)c1ccccc1OC2. The molecule has 26 heavy (non-hydrogen) atoms. The molecule has 0 atom stereocenters. The van der Waals surface area contributed by atoms with Gasteiger partial charge in [-0.05, 0) is 37.8 Å². The van der Waals surface area contributed by atoms with E-state index in [9.17, 15) is 13.2 Å². The van der Waals surface area contributed by atoms with Crippen LogP contribution < -0.4 is 9.46 Å². The van der Waals surface area contributed by atoms with Crippen LogP contribution in [0.5, 0.6) is 5.75 Å². The number of para-hydroxylation sites is 1. The fourth-order valence-electron chi connectivity index (χ4n) is 3.82. The zero-order valence-corrected chi connectivity index (χ0v) is 16.3. The van der Waals surface area contributed by atoms with Gasteiger partial charge in [0.25, 0.3) is 0 Å².